The van der Waals surface area contributed by atoms with Crippen molar-refractivity contribution in [2.24, 2.45) is 5.73 Å². The standard InChI is InChI=1S/C35H31ClN2O6/c1-3-4-17-41-29-12-8-6-10-26(29)35(39)43-24-14-15-25-31(19-24)44-34(38)27(20-37)33(25)22-13-16-30(32(18-22)40-2)42-21-23-9-5-7-11-28(23)36/h5-16,18-19,33H,3-4,17,21,38H2,1-2H3. The van der Waals surface area contributed by atoms with E-state index < -0.39 is 11.9 Å². The molecule has 2 N–H and O–H groups in total. The Kier molecular flexibility index (Phi) is 9.58. The molecule has 1 heterocycles. The van der Waals surface area contributed by atoms with E-state index in [1.165, 1.54) is 0 Å². The number of hydrogen-bond donors (Lipinski definition) is 1. The van der Waals surface area contributed by atoms with Crippen molar-refractivity contribution in [3.63, 3.8) is 0 Å². The minimum absolute atomic E-state index is 0.0406. The molecular formula is C35H31ClN2O6. The van der Waals surface area contributed by atoms with Gasteiger partial charge in [0.15, 0.2) is 11.5 Å². The minimum Gasteiger partial charge on any atom is -0.493 e. The van der Waals surface area contributed by atoms with E-state index >= 15 is 0 Å². The molecular weight excluding hydrogens is 580 g/mol. The van der Waals surface area contributed by atoms with E-state index in [-0.39, 0.29) is 23.8 Å². The van der Waals surface area contributed by atoms with Crippen molar-refractivity contribution in [1.82, 2.24) is 0 Å². The van der Waals surface area contributed by atoms with Crippen LogP contribution in [0.1, 0.15) is 52.7 Å². The molecule has 0 saturated heterocycles. The summed E-state index contributed by atoms with van der Waals surface area (Å²) in [6.07, 6.45) is 1.85. The molecule has 1 atom stereocenters. The van der Waals surface area contributed by atoms with Crippen LogP contribution in [0.3, 0.4) is 0 Å². The molecule has 8 nitrogen and oxygen atoms in total. The number of ether oxygens (including phenoxy) is 5. The van der Waals surface area contributed by atoms with Crippen molar-refractivity contribution in [2.45, 2.75) is 32.3 Å². The van der Waals surface area contributed by atoms with Crippen molar-refractivity contribution < 1.29 is 28.5 Å². The molecule has 0 bridgehead atoms. The minimum atomic E-state index is -0.567. The quantitative estimate of drug-likeness (QED) is 0.105. The van der Waals surface area contributed by atoms with Crippen LogP contribution in [0, 0.1) is 11.3 Å². The Labute approximate surface area is 261 Å². The van der Waals surface area contributed by atoms with Gasteiger partial charge >= 0.3 is 5.97 Å². The van der Waals surface area contributed by atoms with E-state index in [9.17, 15) is 10.1 Å². The highest BCUT2D eigenvalue weighted by molar-refractivity contribution is 6.31. The first kappa shape index (κ1) is 30.3. The molecule has 0 amide bonds. The van der Waals surface area contributed by atoms with Gasteiger partial charge in [0, 0.05) is 22.2 Å². The number of nitrogens with two attached hydrogens (primary N) is 1. The number of nitriles is 1. The number of methoxy groups -OCH3 is 1. The second kappa shape index (κ2) is 13.9. The Hall–Kier alpha value is -5.13. The van der Waals surface area contributed by atoms with Crippen molar-refractivity contribution in [3.8, 4) is 34.8 Å². The van der Waals surface area contributed by atoms with E-state index in [0.29, 0.717) is 45.8 Å². The molecule has 9 heteroatoms. The zero-order chi connectivity index (χ0) is 31.1. The number of para-hydroxylation sites is 1. The molecule has 1 aliphatic heterocycles. The van der Waals surface area contributed by atoms with Crippen LogP contribution < -0.4 is 29.4 Å². The van der Waals surface area contributed by atoms with Crippen LogP contribution in [0.2, 0.25) is 5.02 Å². The normalized spacial score (nSPS) is 13.7. The van der Waals surface area contributed by atoms with E-state index in [0.717, 1.165) is 24.0 Å². The Morgan fingerprint density at radius 2 is 1.77 bits per heavy atom. The molecule has 0 saturated carbocycles. The number of allylic oxidation sites excluding steroid dienone is 1. The molecule has 1 unspecified atom stereocenters. The lowest BCUT2D eigenvalue weighted by Gasteiger charge is -2.27. The monoisotopic (exact) mass is 610 g/mol. The lowest BCUT2D eigenvalue weighted by Crippen LogP contribution is -2.21. The summed E-state index contributed by atoms with van der Waals surface area (Å²) in [5.41, 5.74) is 9.02. The molecule has 0 aliphatic carbocycles. The van der Waals surface area contributed by atoms with Crippen molar-refractivity contribution in [1.29, 1.82) is 5.26 Å². The summed E-state index contributed by atoms with van der Waals surface area (Å²) in [6, 6.07) is 27.0. The Balaban J connectivity index is 1.41. The Morgan fingerprint density at radius 3 is 2.55 bits per heavy atom. The number of rotatable bonds is 11. The smallest absolute Gasteiger partial charge is 0.347 e. The van der Waals surface area contributed by atoms with Crippen LogP contribution in [0.4, 0.5) is 0 Å². The molecule has 0 radical (unpaired) electrons. The fourth-order valence-corrected chi connectivity index (χ4v) is 5.04. The molecule has 4 aromatic rings. The third-order valence-electron chi connectivity index (χ3n) is 7.13. The summed E-state index contributed by atoms with van der Waals surface area (Å²) in [7, 11) is 1.54. The van der Waals surface area contributed by atoms with E-state index in [4.69, 9.17) is 41.0 Å². The largest absolute Gasteiger partial charge is 0.493 e. The average molecular weight is 611 g/mol. The molecule has 0 spiro atoms. The number of fused-ring (bicyclic) bond motifs is 1. The molecule has 4 aromatic carbocycles. The number of hydrogen-bond acceptors (Lipinski definition) is 8. The lowest BCUT2D eigenvalue weighted by molar-refractivity contribution is 0.0730. The Bertz CT molecular complexity index is 1750. The summed E-state index contributed by atoms with van der Waals surface area (Å²) < 4.78 is 29.0. The fraction of sp³-hybridized carbons (Fsp3) is 0.200. The lowest BCUT2D eigenvalue weighted by atomic mass is 9.83. The molecule has 5 rings (SSSR count). The number of unbranched alkanes of at least 4 members (excludes halogenated alkanes) is 1. The van der Waals surface area contributed by atoms with Crippen LogP contribution in [-0.4, -0.2) is 19.7 Å². The summed E-state index contributed by atoms with van der Waals surface area (Å²) in [6.45, 7) is 2.82. The van der Waals surface area contributed by atoms with Crippen molar-refractivity contribution >= 4 is 17.6 Å². The van der Waals surface area contributed by atoms with Crippen LogP contribution >= 0.6 is 11.6 Å². The van der Waals surface area contributed by atoms with Gasteiger partial charge in [-0.3, -0.25) is 0 Å². The van der Waals surface area contributed by atoms with Gasteiger partial charge in [0.05, 0.1) is 19.6 Å². The van der Waals surface area contributed by atoms with Gasteiger partial charge in [-0.15, -0.1) is 0 Å². The van der Waals surface area contributed by atoms with Crippen LogP contribution in [0.15, 0.2) is 96.4 Å². The summed E-state index contributed by atoms with van der Waals surface area (Å²) in [4.78, 5) is 13.1. The predicted molar refractivity (Wildman–Crippen MR) is 166 cm³/mol. The maximum absolute atomic E-state index is 13.1. The molecule has 0 aromatic heterocycles. The first-order chi connectivity index (χ1) is 21.4. The van der Waals surface area contributed by atoms with Gasteiger partial charge in [-0.25, -0.2) is 4.79 Å². The Morgan fingerprint density at radius 1 is 0.977 bits per heavy atom. The molecule has 1 aliphatic rings. The summed E-state index contributed by atoms with van der Waals surface area (Å²) in [5, 5.41) is 10.6. The zero-order valence-electron chi connectivity index (χ0n) is 24.3. The van der Waals surface area contributed by atoms with Gasteiger partial charge in [0.1, 0.15) is 41.1 Å². The number of benzene rings is 4. The number of halogens is 1. The zero-order valence-corrected chi connectivity index (χ0v) is 25.1. The van der Waals surface area contributed by atoms with E-state index in [2.05, 4.69) is 13.0 Å². The summed E-state index contributed by atoms with van der Waals surface area (Å²) >= 11 is 6.28. The predicted octanol–water partition coefficient (Wildman–Crippen LogP) is 7.54. The fourth-order valence-electron chi connectivity index (χ4n) is 4.85. The van der Waals surface area contributed by atoms with Gasteiger partial charge in [0.25, 0.3) is 0 Å². The third kappa shape index (κ3) is 6.59. The highest BCUT2D eigenvalue weighted by Gasteiger charge is 2.32. The number of carbonyl (C=O) groups excluding carboxylic acids is 1. The first-order valence-electron chi connectivity index (χ1n) is 14.1. The van der Waals surface area contributed by atoms with Gasteiger partial charge < -0.3 is 29.4 Å². The maximum Gasteiger partial charge on any atom is 0.347 e. The van der Waals surface area contributed by atoms with Gasteiger partial charge in [-0.1, -0.05) is 67.4 Å². The van der Waals surface area contributed by atoms with Crippen LogP contribution in [-0.2, 0) is 6.61 Å². The third-order valence-corrected chi connectivity index (χ3v) is 7.49. The topological polar surface area (TPSA) is 113 Å². The maximum atomic E-state index is 13.1. The van der Waals surface area contributed by atoms with Gasteiger partial charge in [-0.2, -0.15) is 5.26 Å². The van der Waals surface area contributed by atoms with Crippen molar-refractivity contribution in [2.75, 3.05) is 13.7 Å². The number of carbonyl (C=O) groups is 1. The number of nitrogens with zero attached hydrogens (tertiary/aromatic N) is 1. The first-order valence-corrected chi connectivity index (χ1v) is 14.5. The van der Waals surface area contributed by atoms with Crippen LogP contribution in [0.25, 0.3) is 0 Å². The average Bonchev–Trinajstić information content (AvgIpc) is 3.04. The molecule has 224 valence electrons. The van der Waals surface area contributed by atoms with E-state index in [1.54, 1.807) is 67.8 Å². The SMILES string of the molecule is CCCCOc1ccccc1C(=O)Oc1ccc2c(c1)OC(N)=C(C#N)C2c1ccc(OCc2ccccc2Cl)c(OC)c1. The second-order valence-corrected chi connectivity index (χ2v) is 10.4. The highest BCUT2D eigenvalue weighted by Crippen LogP contribution is 2.45. The molecule has 44 heavy (non-hydrogen) atoms. The van der Waals surface area contributed by atoms with E-state index in [1.807, 2.05) is 24.3 Å². The van der Waals surface area contributed by atoms with Gasteiger partial charge in [0.2, 0.25) is 5.88 Å². The number of esters is 1. The highest BCUT2D eigenvalue weighted by atomic mass is 35.5. The van der Waals surface area contributed by atoms with Crippen LogP contribution in [0.5, 0.6) is 28.7 Å². The van der Waals surface area contributed by atoms with Crippen molar-refractivity contribution in [3.05, 3.63) is 124 Å². The summed E-state index contributed by atoms with van der Waals surface area (Å²) in [5.74, 6) is 0.896. The van der Waals surface area contributed by atoms with Gasteiger partial charge in [-0.05, 0) is 48.4 Å². The second-order valence-electron chi connectivity index (χ2n) is 10.0. The molecule has 0 fully saturated rings.